The van der Waals surface area contributed by atoms with E-state index < -0.39 is 0 Å². The maximum atomic E-state index is 11.2. The van der Waals surface area contributed by atoms with Gasteiger partial charge in [0.1, 0.15) is 11.4 Å². The number of piperidine rings is 1. The van der Waals surface area contributed by atoms with Crippen molar-refractivity contribution in [3.63, 3.8) is 0 Å². The summed E-state index contributed by atoms with van der Waals surface area (Å²) >= 11 is 0. The summed E-state index contributed by atoms with van der Waals surface area (Å²) in [6.45, 7) is 1.30. The summed E-state index contributed by atoms with van der Waals surface area (Å²) in [5, 5.41) is 23.5. The lowest BCUT2D eigenvalue weighted by Crippen LogP contribution is -2.36. The summed E-state index contributed by atoms with van der Waals surface area (Å²) < 4.78 is 0. The van der Waals surface area contributed by atoms with Crippen LogP contribution >= 0.6 is 0 Å². The average molecular weight is 251 g/mol. The van der Waals surface area contributed by atoms with Crippen molar-refractivity contribution in [3.8, 4) is 0 Å². The van der Waals surface area contributed by atoms with Crippen molar-refractivity contribution in [2.75, 3.05) is 30.4 Å². The highest BCUT2D eigenvalue weighted by atomic mass is 16.6. The molecule has 1 aromatic carbocycles. The third kappa shape index (κ3) is 2.38. The molecular weight excluding hydrogens is 234 g/mol. The first-order valence-corrected chi connectivity index (χ1v) is 6.01. The number of aliphatic hydroxyl groups excluding tert-OH is 1. The van der Waals surface area contributed by atoms with E-state index >= 15 is 0 Å². The van der Waals surface area contributed by atoms with Gasteiger partial charge in [0.25, 0.3) is 0 Å². The number of benzene rings is 1. The van der Waals surface area contributed by atoms with E-state index in [1.165, 1.54) is 0 Å². The molecule has 1 aromatic rings. The van der Waals surface area contributed by atoms with Crippen LogP contribution in [0.3, 0.4) is 0 Å². The Hall–Kier alpha value is -1.82. The van der Waals surface area contributed by atoms with Crippen molar-refractivity contribution in [1.29, 1.82) is 0 Å². The van der Waals surface area contributed by atoms with Gasteiger partial charge >= 0.3 is 5.69 Å². The molecule has 0 aliphatic carbocycles. The Balaban J connectivity index is 2.35. The Morgan fingerprint density at radius 1 is 1.44 bits per heavy atom. The lowest BCUT2D eigenvalue weighted by atomic mass is 10.1. The topological polar surface area (TPSA) is 78.6 Å². The molecule has 1 aliphatic rings. The van der Waals surface area contributed by atoms with Crippen LogP contribution < -0.4 is 10.2 Å². The Kier molecular flexibility index (Phi) is 3.66. The van der Waals surface area contributed by atoms with E-state index in [4.69, 9.17) is 0 Å². The molecule has 6 heteroatoms. The average Bonchev–Trinajstić information content (AvgIpc) is 2.38. The van der Waals surface area contributed by atoms with Crippen molar-refractivity contribution >= 4 is 17.1 Å². The molecule has 2 N–H and O–H groups in total. The number of nitro benzene ring substituents is 1. The first-order valence-electron chi connectivity index (χ1n) is 6.01. The second kappa shape index (κ2) is 5.22. The molecule has 1 aliphatic heterocycles. The van der Waals surface area contributed by atoms with Crippen LogP contribution in [0.5, 0.6) is 0 Å². The van der Waals surface area contributed by atoms with Gasteiger partial charge in [-0.1, -0.05) is 6.07 Å². The third-order valence-electron chi connectivity index (χ3n) is 3.27. The van der Waals surface area contributed by atoms with Crippen molar-refractivity contribution in [1.82, 2.24) is 0 Å². The molecule has 0 saturated carbocycles. The number of anilines is 2. The lowest BCUT2D eigenvalue weighted by molar-refractivity contribution is -0.383. The summed E-state index contributed by atoms with van der Waals surface area (Å²) in [6, 6.07) is 5.26. The zero-order chi connectivity index (χ0) is 13.1. The Labute approximate surface area is 105 Å². The van der Waals surface area contributed by atoms with Crippen LogP contribution in [-0.2, 0) is 0 Å². The highest BCUT2D eigenvalue weighted by molar-refractivity contribution is 5.77. The van der Waals surface area contributed by atoms with Crippen LogP contribution in [0.15, 0.2) is 18.2 Å². The number of hydrogen-bond acceptors (Lipinski definition) is 5. The molecule has 0 atom stereocenters. The predicted octanol–water partition coefficient (Wildman–Crippen LogP) is 1.60. The summed E-state index contributed by atoms with van der Waals surface area (Å²) in [7, 11) is 1.67. The molecule has 0 unspecified atom stereocenters. The number of para-hydroxylation sites is 1. The maximum absolute atomic E-state index is 11.2. The van der Waals surface area contributed by atoms with E-state index in [1.807, 2.05) is 4.90 Å². The van der Waals surface area contributed by atoms with Crippen molar-refractivity contribution in [2.45, 2.75) is 18.9 Å². The minimum absolute atomic E-state index is 0.108. The molecule has 0 radical (unpaired) electrons. The van der Waals surface area contributed by atoms with Crippen LogP contribution in [0.25, 0.3) is 0 Å². The fraction of sp³-hybridized carbons (Fsp3) is 0.500. The molecule has 6 nitrogen and oxygen atoms in total. The van der Waals surface area contributed by atoms with Crippen LogP contribution in [0.1, 0.15) is 12.8 Å². The van der Waals surface area contributed by atoms with Gasteiger partial charge in [-0.25, -0.2) is 0 Å². The van der Waals surface area contributed by atoms with E-state index in [-0.39, 0.29) is 16.7 Å². The van der Waals surface area contributed by atoms with Crippen LogP contribution in [0.2, 0.25) is 0 Å². The quantitative estimate of drug-likeness (QED) is 0.630. The lowest BCUT2D eigenvalue weighted by Gasteiger charge is -2.31. The van der Waals surface area contributed by atoms with Crippen LogP contribution in [0.4, 0.5) is 17.1 Å². The normalized spacial score (nSPS) is 16.7. The number of rotatable bonds is 3. The van der Waals surface area contributed by atoms with Crippen molar-refractivity contribution < 1.29 is 10.0 Å². The molecule has 0 bridgehead atoms. The van der Waals surface area contributed by atoms with E-state index in [9.17, 15) is 15.2 Å². The molecule has 0 aromatic heterocycles. The smallest absolute Gasteiger partial charge is 0.315 e. The van der Waals surface area contributed by atoms with Gasteiger partial charge in [-0.2, -0.15) is 0 Å². The van der Waals surface area contributed by atoms with E-state index in [2.05, 4.69) is 5.32 Å². The number of nitro groups is 1. The number of nitrogens with one attached hydrogen (secondary N) is 1. The van der Waals surface area contributed by atoms with Crippen LogP contribution in [-0.4, -0.2) is 36.3 Å². The highest BCUT2D eigenvalue weighted by Crippen LogP contribution is 2.36. The largest absolute Gasteiger partial charge is 0.393 e. The van der Waals surface area contributed by atoms with Gasteiger partial charge in [-0.15, -0.1) is 0 Å². The maximum Gasteiger partial charge on any atom is 0.315 e. The molecule has 1 saturated heterocycles. The molecular formula is C12H17N3O3. The Morgan fingerprint density at radius 2 is 2.11 bits per heavy atom. The van der Waals surface area contributed by atoms with Gasteiger partial charge < -0.3 is 15.3 Å². The standard InChI is InChI=1S/C12H17N3O3/c1-13-10-3-2-4-11(12(10)15(17)18)14-7-5-9(16)6-8-14/h2-4,9,13,16H,5-8H2,1H3. The van der Waals surface area contributed by atoms with Gasteiger partial charge in [0, 0.05) is 20.1 Å². The number of hydrogen-bond donors (Lipinski definition) is 2. The van der Waals surface area contributed by atoms with Crippen LogP contribution in [0, 0.1) is 10.1 Å². The minimum Gasteiger partial charge on any atom is -0.393 e. The second-order valence-electron chi connectivity index (χ2n) is 4.40. The summed E-state index contributed by atoms with van der Waals surface area (Å²) in [5.74, 6) is 0. The first-order chi connectivity index (χ1) is 8.63. The fourth-order valence-electron chi connectivity index (χ4n) is 2.29. The fourth-order valence-corrected chi connectivity index (χ4v) is 2.29. The second-order valence-corrected chi connectivity index (χ2v) is 4.40. The molecule has 18 heavy (non-hydrogen) atoms. The first kappa shape index (κ1) is 12.6. The summed E-state index contributed by atoms with van der Waals surface area (Å²) in [6.07, 6.45) is 1.02. The van der Waals surface area contributed by atoms with Crippen molar-refractivity contribution in [3.05, 3.63) is 28.3 Å². The zero-order valence-corrected chi connectivity index (χ0v) is 10.3. The van der Waals surface area contributed by atoms with Gasteiger partial charge in [-0.3, -0.25) is 10.1 Å². The molecule has 1 fully saturated rings. The highest BCUT2D eigenvalue weighted by Gasteiger charge is 2.26. The number of aliphatic hydroxyl groups is 1. The summed E-state index contributed by atoms with van der Waals surface area (Å²) in [5.41, 5.74) is 1.25. The number of nitrogens with zero attached hydrogens (tertiary/aromatic N) is 2. The molecule has 0 spiro atoms. The molecule has 1 heterocycles. The van der Waals surface area contributed by atoms with Gasteiger partial charge in [-0.05, 0) is 25.0 Å². The Morgan fingerprint density at radius 3 is 2.67 bits per heavy atom. The van der Waals surface area contributed by atoms with Gasteiger partial charge in [0.05, 0.1) is 11.0 Å². The van der Waals surface area contributed by atoms with Gasteiger partial charge in [0.15, 0.2) is 0 Å². The molecule has 2 rings (SSSR count). The molecule has 0 amide bonds. The van der Waals surface area contributed by atoms with E-state index in [1.54, 1.807) is 25.2 Å². The zero-order valence-electron chi connectivity index (χ0n) is 10.3. The van der Waals surface area contributed by atoms with Gasteiger partial charge in [0.2, 0.25) is 0 Å². The van der Waals surface area contributed by atoms with E-state index in [0.29, 0.717) is 37.3 Å². The van der Waals surface area contributed by atoms with E-state index in [0.717, 1.165) is 0 Å². The third-order valence-corrected chi connectivity index (χ3v) is 3.27. The molecule has 98 valence electrons. The SMILES string of the molecule is CNc1cccc(N2CCC(O)CC2)c1[N+](=O)[O-]. The Bertz CT molecular complexity index is 442. The predicted molar refractivity (Wildman–Crippen MR) is 70.1 cm³/mol. The minimum atomic E-state index is -0.355. The summed E-state index contributed by atoms with van der Waals surface area (Å²) in [4.78, 5) is 12.8. The monoisotopic (exact) mass is 251 g/mol. The van der Waals surface area contributed by atoms with Crippen molar-refractivity contribution in [2.24, 2.45) is 0 Å².